The largest absolute Gasteiger partial charge is 0.312 e. The third-order valence-electron chi connectivity index (χ3n) is 4.29. The van der Waals surface area contributed by atoms with Gasteiger partial charge in [-0.25, -0.2) is 0 Å². The van der Waals surface area contributed by atoms with Crippen LogP contribution in [-0.2, 0) is 0 Å². The number of rotatable bonds is 11. The van der Waals surface area contributed by atoms with Gasteiger partial charge in [-0.2, -0.15) is 0 Å². The van der Waals surface area contributed by atoms with Gasteiger partial charge in [-0.3, -0.25) is 0 Å². The molecule has 0 saturated heterocycles. The number of unbranched alkanes of at least 4 members (excludes halogenated alkanes) is 1. The minimum absolute atomic E-state index is 1.23. The molecule has 0 atom stereocenters. The Balaban J connectivity index is 5.22. The van der Waals surface area contributed by atoms with Crippen molar-refractivity contribution in [3.05, 3.63) is 0 Å². The zero-order valence-electron chi connectivity index (χ0n) is 13.8. The van der Waals surface area contributed by atoms with Crippen molar-refractivity contribution in [1.82, 2.24) is 9.13 Å². The van der Waals surface area contributed by atoms with Crippen LogP contribution in [0.5, 0.6) is 0 Å². The molecule has 0 fully saturated rings. The molecule has 0 bridgehead atoms. The topological polar surface area (TPSA) is 6.48 Å². The van der Waals surface area contributed by atoms with Gasteiger partial charge < -0.3 is 9.13 Å². The van der Waals surface area contributed by atoms with Crippen LogP contribution in [0.1, 0.15) is 60.8 Å². The Hall–Kier alpha value is 0.137. The molecule has 0 radical (unpaired) electrons. The van der Waals surface area contributed by atoms with Gasteiger partial charge in [-0.1, -0.05) is 60.8 Å². The standard InChI is InChI=1S/C15H36N2Si/c1-7-13-15-18(14-8-2,16(9-3)10-4)17(11-5)12-6/h7-15H2,1-6H3. The van der Waals surface area contributed by atoms with E-state index in [1.54, 1.807) is 0 Å². The second kappa shape index (κ2) is 9.99. The molecule has 3 heteroatoms. The Bertz CT molecular complexity index is 177. The fourth-order valence-corrected chi connectivity index (χ4v) is 9.43. The number of nitrogens with zero attached hydrogens (tertiary/aromatic N) is 2. The van der Waals surface area contributed by atoms with E-state index in [1.807, 2.05) is 0 Å². The van der Waals surface area contributed by atoms with Crippen molar-refractivity contribution < 1.29 is 0 Å². The monoisotopic (exact) mass is 272 g/mol. The fraction of sp³-hybridized carbons (Fsp3) is 1.00. The van der Waals surface area contributed by atoms with Gasteiger partial charge in [0.25, 0.3) is 0 Å². The average Bonchev–Trinajstić information content (AvgIpc) is 2.39. The van der Waals surface area contributed by atoms with E-state index in [-0.39, 0.29) is 0 Å². The Labute approximate surface area is 117 Å². The molecule has 0 aliphatic heterocycles. The van der Waals surface area contributed by atoms with E-state index < -0.39 is 8.40 Å². The predicted octanol–water partition coefficient (Wildman–Crippen LogP) is 4.32. The van der Waals surface area contributed by atoms with E-state index in [4.69, 9.17) is 0 Å². The summed E-state index contributed by atoms with van der Waals surface area (Å²) in [6.07, 6.45) is 4.07. The normalized spacial score (nSPS) is 12.7. The molecule has 0 N–H and O–H groups in total. The molecule has 2 nitrogen and oxygen atoms in total. The summed E-state index contributed by atoms with van der Waals surface area (Å²) in [6.45, 7) is 19.0. The molecule has 0 aromatic heterocycles. The fourth-order valence-electron chi connectivity index (χ4n) is 3.44. The Morgan fingerprint density at radius 2 is 1.06 bits per heavy atom. The molecule has 110 valence electrons. The van der Waals surface area contributed by atoms with Crippen molar-refractivity contribution in [1.29, 1.82) is 0 Å². The van der Waals surface area contributed by atoms with Crippen LogP contribution < -0.4 is 0 Å². The van der Waals surface area contributed by atoms with Crippen LogP contribution in [0.3, 0.4) is 0 Å². The highest BCUT2D eigenvalue weighted by molar-refractivity contribution is 6.74. The second-order valence-electron chi connectivity index (χ2n) is 5.18. The zero-order valence-corrected chi connectivity index (χ0v) is 14.8. The summed E-state index contributed by atoms with van der Waals surface area (Å²) in [6, 6.07) is 2.90. The van der Waals surface area contributed by atoms with Gasteiger partial charge in [0, 0.05) is 0 Å². The SMILES string of the molecule is CCCC[Si](CCC)(N(CC)CC)N(CC)CC. The maximum absolute atomic E-state index is 2.83. The van der Waals surface area contributed by atoms with Gasteiger partial charge in [-0.05, 0) is 38.3 Å². The lowest BCUT2D eigenvalue weighted by atomic mass is 10.4. The summed E-state index contributed by atoms with van der Waals surface area (Å²) in [5.74, 6) is 0. The zero-order chi connectivity index (χ0) is 14.0. The van der Waals surface area contributed by atoms with Crippen LogP contribution in [0, 0.1) is 0 Å². The van der Waals surface area contributed by atoms with Gasteiger partial charge in [-0.15, -0.1) is 0 Å². The summed E-state index contributed by atoms with van der Waals surface area (Å²) < 4.78 is 5.66. The number of hydrogen-bond acceptors (Lipinski definition) is 2. The van der Waals surface area contributed by atoms with Crippen LogP contribution in [0.25, 0.3) is 0 Å². The Morgan fingerprint density at radius 3 is 1.33 bits per heavy atom. The first-order valence-corrected chi connectivity index (χ1v) is 10.5. The van der Waals surface area contributed by atoms with Crippen molar-refractivity contribution in [3.8, 4) is 0 Å². The first kappa shape index (κ1) is 18.1. The van der Waals surface area contributed by atoms with Crippen molar-refractivity contribution in [3.63, 3.8) is 0 Å². The van der Waals surface area contributed by atoms with Crippen LogP contribution in [-0.4, -0.2) is 43.7 Å². The molecule has 0 heterocycles. The summed E-state index contributed by atoms with van der Waals surface area (Å²) >= 11 is 0. The van der Waals surface area contributed by atoms with Gasteiger partial charge >= 0.3 is 0 Å². The summed E-state index contributed by atoms with van der Waals surface area (Å²) in [5, 5.41) is 0. The molecule has 0 amide bonds. The van der Waals surface area contributed by atoms with Crippen molar-refractivity contribution >= 4 is 8.40 Å². The Kier molecular flexibility index (Phi) is 10.1. The molecular formula is C15H36N2Si. The molecular weight excluding hydrogens is 236 g/mol. The third kappa shape index (κ3) is 4.36. The molecule has 0 unspecified atom stereocenters. The average molecular weight is 273 g/mol. The molecule has 18 heavy (non-hydrogen) atoms. The quantitative estimate of drug-likeness (QED) is 0.517. The number of hydrogen-bond donors (Lipinski definition) is 0. The van der Waals surface area contributed by atoms with Gasteiger partial charge in [0.15, 0.2) is 0 Å². The maximum atomic E-state index is 2.83. The lowest BCUT2D eigenvalue weighted by Gasteiger charge is -2.48. The maximum Gasteiger partial charge on any atom is 0.206 e. The van der Waals surface area contributed by atoms with Crippen LogP contribution in [0.15, 0.2) is 0 Å². The highest BCUT2D eigenvalue weighted by atomic mass is 28.3. The van der Waals surface area contributed by atoms with E-state index in [2.05, 4.69) is 50.7 Å². The molecule has 0 aliphatic carbocycles. The summed E-state index contributed by atoms with van der Waals surface area (Å²) in [4.78, 5) is 0. The lowest BCUT2D eigenvalue weighted by molar-refractivity contribution is 0.344. The summed E-state index contributed by atoms with van der Waals surface area (Å²) in [5.41, 5.74) is 0. The minimum atomic E-state index is -1.41. The van der Waals surface area contributed by atoms with Crippen molar-refractivity contribution in [2.24, 2.45) is 0 Å². The molecule has 0 spiro atoms. The molecule has 0 rings (SSSR count). The third-order valence-corrected chi connectivity index (χ3v) is 10.4. The van der Waals surface area contributed by atoms with Crippen molar-refractivity contribution in [2.75, 3.05) is 26.2 Å². The second-order valence-corrected chi connectivity index (χ2v) is 9.41. The van der Waals surface area contributed by atoms with Crippen molar-refractivity contribution in [2.45, 2.75) is 72.9 Å². The molecule has 0 aromatic carbocycles. The first-order valence-electron chi connectivity index (χ1n) is 8.16. The lowest BCUT2D eigenvalue weighted by Crippen LogP contribution is -2.65. The summed E-state index contributed by atoms with van der Waals surface area (Å²) in [7, 11) is -1.41. The van der Waals surface area contributed by atoms with E-state index in [0.717, 1.165) is 0 Å². The smallest absolute Gasteiger partial charge is 0.206 e. The van der Waals surface area contributed by atoms with E-state index >= 15 is 0 Å². The predicted molar refractivity (Wildman–Crippen MR) is 86.4 cm³/mol. The van der Waals surface area contributed by atoms with Crippen LogP contribution >= 0.6 is 0 Å². The highest BCUT2D eigenvalue weighted by Gasteiger charge is 2.41. The van der Waals surface area contributed by atoms with E-state index in [9.17, 15) is 0 Å². The van der Waals surface area contributed by atoms with E-state index in [1.165, 1.54) is 57.5 Å². The van der Waals surface area contributed by atoms with Crippen LogP contribution in [0.4, 0.5) is 0 Å². The molecule has 0 aliphatic rings. The molecule has 0 aromatic rings. The van der Waals surface area contributed by atoms with E-state index in [0.29, 0.717) is 0 Å². The Morgan fingerprint density at radius 1 is 0.611 bits per heavy atom. The first-order chi connectivity index (χ1) is 8.66. The van der Waals surface area contributed by atoms with Crippen LogP contribution in [0.2, 0.25) is 12.1 Å². The minimum Gasteiger partial charge on any atom is -0.312 e. The highest BCUT2D eigenvalue weighted by Crippen LogP contribution is 2.28. The van der Waals surface area contributed by atoms with Gasteiger partial charge in [0.1, 0.15) is 0 Å². The van der Waals surface area contributed by atoms with Gasteiger partial charge in [0.05, 0.1) is 0 Å². The molecule has 0 saturated carbocycles. The van der Waals surface area contributed by atoms with Gasteiger partial charge in [0.2, 0.25) is 8.40 Å².